The minimum absolute atomic E-state index is 0.163. The first kappa shape index (κ1) is 20.4. The standard InChI is InChI=1S/C23H23F2N5O2/c24-15-7-13(8-16(25)9-15)3-6-31-22-21-18(10-28-23(22)26)19(12-32-21)17-11-29-30-20(17)14-1-4-27-5-2-14/h7-12,14,27H,1-6H2,(H2,26,28)(H,29,30). The average Bonchev–Trinajstić information content (AvgIpc) is 3.42. The summed E-state index contributed by atoms with van der Waals surface area (Å²) in [4.78, 5) is 4.28. The van der Waals surface area contributed by atoms with Crippen LogP contribution in [-0.4, -0.2) is 34.9 Å². The van der Waals surface area contributed by atoms with Crippen molar-refractivity contribution in [1.82, 2.24) is 20.5 Å². The summed E-state index contributed by atoms with van der Waals surface area (Å²) in [5.74, 6) is -0.345. The fraction of sp³-hybridized carbons (Fsp3) is 0.304. The van der Waals surface area contributed by atoms with Crippen molar-refractivity contribution >= 4 is 16.8 Å². The van der Waals surface area contributed by atoms with Crippen LogP contribution in [0, 0.1) is 11.6 Å². The van der Waals surface area contributed by atoms with Crippen LogP contribution in [-0.2, 0) is 6.42 Å². The Morgan fingerprint density at radius 2 is 1.88 bits per heavy atom. The Hall–Kier alpha value is -3.46. The first-order valence-corrected chi connectivity index (χ1v) is 10.6. The highest BCUT2D eigenvalue weighted by Crippen LogP contribution is 2.40. The molecule has 0 amide bonds. The monoisotopic (exact) mass is 439 g/mol. The molecule has 1 aliphatic rings. The predicted molar refractivity (Wildman–Crippen MR) is 116 cm³/mol. The van der Waals surface area contributed by atoms with Crippen LogP contribution in [0.2, 0.25) is 0 Å². The molecular weight excluding hydrogens is 416 g/mol. The van der Waals surface area contributed by atoms with Gasteiger partial charge in [-0.1, -0.05) is 0 Å². The van der Waals surface area contributed by atoms with Crippen LogP contribution in [0.15, 0.2) is 41.3 Å². The highest BCUT2D eigenvalue weighted by molar-refractivity contribution is 5.98. The van der Waals surface area contributed by atoms with Gasteiger partial charge in [0.05, 0.1) is 18.2 Å². The number of nitrogens with two attached hydrogens (primary N) is 1. The number of anilines is 1. The number of rotatable bonds is 6. The molecule has 1 aliphatic heterocycles. The smallest absolute Gasteiger partial charge is 0.205 e. The van der Waals surface area contributed by atoms with Gasteiger partial charge in [-0.25, -0.2) is 13.8 Å². The number of halogens is 2. The molecule has 5 rings (SSSR count). The third-order valence-corrected chi connectivity index (χ3v) is 5.87. The second kappa shape index (κ2) is 8.58. The average molecular weight is 439 g/mol. The fourth-order valence-electron chi connectivity index (χ4n) is 4.29. The summed E-state index contributed by atoms with van der Waals surface area (Å²) in [5.41, 5.74) is 9.95. The number of ether oxygens (including phenoxy) is 1. The van der Waals surface area contributed by atoms with Crippen molar-refractivity contribution in [2.24, 2.45) is 0 Å². The van der Waals surface area contributed by atoms with Gasteiger partial charge >= 0.3 is 0 Å². The highest BCUT2D eigenvalue weighted by atomic mass is 19.1. The Morgan fingerprint density at radius 3 is 2.66 bits per heavy atom. The van der Waals surface area contributed by atoms with Gasteiger partial charge in [-0.15, -0.1) is 0 Å². The van der Waals surface area contributed by atoms with Gasteiger partial charge in [-0.05, 0) is 43.6 Å². The van der Waals surface area contributed by atoms with Crippen molar-refractivity contribution in [2.45, 2.75) is 25.2 Å². The zero-order valence-electron chi connectivity index (χ0n) is 17.3. The molecule has 0 spiro atoms. The Bertz CT molecular complexity index is 1230. The molecule has 9 heteroatoms. The van der Waals surface area contributed by atoms with Crippen LogP contribution < -0.4 is 15.8 Å². The van der Waals surface area contributed by atoms with E-state index in [0.29, 0.717) is 29.2 Å². The quantitative estimate of drug-likeness (QED) is 0.417. The summed E-state index contributed by atoms with van der Waals surface area (Å²) in [6, 6.07) is 3.40. The minimum Gasteiger partial charge on any atom is -0.486 e. The van der Waals surface area contributed by atoms with Gasteiger partial charge in [-0.2, -0.15) is 5.10 Å². The molecule has 166 valence electrons. The van der Waals surface area contributed by atoms with E-state index >= 15 is 0 Å². The van der Waals surface area contributed by atoms with E-state index in [9.17, 15) is 8.78 Å². The third kappa shape index (κ3) is 3.91. The van der Waals surface area contributed by atoms with Crippen LogP contribution in [0.5, 0.6) is 5.75 Å². The molecule has 1 saturated heterocycles. The summed E-state index contributed by atoms with van der Waals surface area (Å²) in [7, 11) is 0. The highest BCUT2D eigenvalue weighted by Gasteiger charge is 2.24. The normalized spacial score (nSPS) is 14.8. The van der Waals surface area contributed by atoms with Crippen LogP contribution in [0.1, 0.15) is 30.0 Å². The molecule has 4 N–H and O–H groups in total. The van der Waals surface area contributed by atoms with Gasteiger partial charge in [0, 0.05) is 41.4 Å². The van der Waals surface area contributed by atoms with E-state index in [4.69, 9.17) is 14.9 Å². The number of aromatic nitrogens is 3. The Labute approximate surface area is 183 Å². The maximum atomic E-state index is 13.4. The zero-order valence-corrected chi connectivity index (χ0v) is 17.3. The summed E-state index contributed by atoms with van der Waals surface area (Å²) in [5, 5.41) is 11.6. The molecule has 0 bridgehead atoms. The Kier molecular flexibility index (Phi) is 5.48. The number of benzene rings is 1. The number of hydrogen-bond acceptors (Lipinski definition) is 6. The van der Waals surface area contributed by atoms with E-state index < -0.39 is 11.6 Å². The molecule has 1 aromatic carbocycles. The van der Waals surface area contributed by atoms with Crippen LogP contribution in [0.3, 0.4) is 0 Å². The predicted octanol–water partition coefficient (Wildman–Crippen LogP) is 4.17. The lowest BCUT2D eigenvalue weighted by atomic mass is 9.90. The van der Waals surface area contributed by atoms with Gasteiger partial charge in [0.1, 0.15) is 17.9 Å². The number of aromatic amines is 1. The summed E-state index contributed by atoms with van der Waals surface area (Å²) < 4.78 is 38.5. The molecule has 7 nitrogen and oxygen atoms in total. The molecule has 4 aromatic rings. The van der Waals surface area contributed by atoms with Gasteiger partial charge in [-0.3, -0.25) is 5.10 Å². The first-order chi connectivity index (χ1) is 15.6. The lowest BCUT2D eigenvalue weighted by Crippen LogP contribution is -2.27. The molecule has 32 heavy (non-hydrogen) atoms. The van der Waals surface area contributed by atoms with Gasteiger partial charge < -0.3 is 20.2 Å². The largest absolute Gasteiger partial charge is 0.486 e. The molecule has 0 atom stereocenters. The minimum atomic E-state index is -0.622. The summed E-state index contributed by atoms with van der Waals surface area (Å²) in [6.45, 7) is 2.11. The lowest BCUT2D eigenvalue weighted by molar-refractivity contribution is 0.321. The molecule has 0 aliphatic carbocycles. The number of nitrogens with one attached hydrogen (secondary N) is 2. The van der Waals surface area contributed by atoms with Crippen LogP contribution in [0.4, 0.5) is 14.6 Å². The van der Waals surface area contributed by atoms with E-state index in [0.717, 1.165) is 54.2 Å². The maximum Gasteiger partial charge on any atom is 0.205 e. The third-order valence-electron chi connectivity index (χ3n) is 5.87. The van der Waals surface area contributed by atoms with Crippen molar-refractivity contribution in [2.75, 3.05) is 25.4 Å². The van der Waals surface area contributed by atoms with E-state index in [-0.39, 0.29) is 12.4 Å². The summed E-state index contributed by atoms with van der Waals surface area (Å²) >= 11 is 0. The number of furan rings is 1. The molecule has 0 radical (unpaired) electrons. The molecule has 4 heterocycles. The molecule has 0 saturated carbocycles. The summed E-state index contributed by atoms with van der Waals surface area (Å²) in [6.07, 6.45) is 7.50. The molecule has 1 fully saturated rings. The van der Waals surface area contributed by atoms with Crippen molar-refractivity contribution in [3.63, 3.8) is 0 Å². The number of pyridine rings is 1. The maximum absolute atomic E-state index is 13.4. The van der Waals surface area contributed by atoms with E-state index in [1.807, 2.05) is 0 Å². The number of piperidine rings is 1. The van der Waals surface area contributed by atoms with Crippen molar-refractivity contribution in [3.8, 4) is 16.9 Å². The van der Waals surface area contributed by atoms with Crippen molar-refractivity contribution in [3.05, 3.63) is 59.7 Å². The number of nitrogens with zero attached hydrogens (tertiary/aromatic N) is 2. The number of fused-ring (bicyclic) bond motifs is 1. The van der Waals surface area contributed by atoms with E-state index in [1.165, 1.54) is 12.1 Å². The lowest BCUT2D eigenvalue weighted by Gasteiger charge is -2.22. The van der Waals surface area contributed by atoms with Crippen LogP contribution >= 0.6 is 0 Å². The zero-order chi connectivity index (χ0) is 22.1. The second-order valence-corrected chi connectivity index (χ2v) is 7.96. The first-order valence-electron chi connectivity index (χ1n) is 10.6. The SMILES string of the molecule is Nc1ncc2c(-c3cn[nH]c3C3CCNCC3)coc2c1OCCc1cc(F)cc(F)c1. The topological polar surface area (TPSA) is 102 Å². The number of hydrogen-bond donors (Lipinski definition) is 3. The van der Waals surface area contributed by atoms with Gasteiger partial charge in [0.15, 0.2) is 11.4 Å². The van der Waals surface area contributed by atoms with Gasteiger partial charge in [0.2, 0.25) is 5.75 Å². The van der Waals surface area contributed by atoms with Gasteiger partial charge in [0.25, 0.3) is 0 Å². The number of H-pyrrole nitrogens is 1. The molecule has 0 unspecified atom stereocenters. The second-order valence-electron chi connectivity index (χ2n) is 7.96. The molecule has 3 aromatic heterocycles. The van der Waals surface area contributed by atoms with E-state index in [2.05, 4.69) is 20.5 Å². The number of nitrogen functional groups attached to an aromatic ring is 1. The van der Waals surface area contributed by atoms with E-state index in [1.54, 1.807) is 18.7 Å². The Balaban J connectivity index is 1.41. The molecular formula is C23H23F2N5O2. The Morgan fingerprint density at radius 1 is 1.09 bits per heavy atom. The fourth-order valence-corrected chi connectivity index (χ4v) is 4.29. The van der Waals surface area contributed by atoms with Crippen molar-refractivity contribution < 1.29 is 17.9 Å². The van der Waals surface area contributed by atoms with Crippen molar-refractivity contribution in [1.29, 1.82) is 0 Å². The van der Waals surface area contributed by atoms with Crippen LogP contribution in [0.25, 0.3) is 22.1 Å².